The fraction of sp³-hybridized carbons (Fsp3) is 0.111. The van der Waals surface area contributed by atoms with Crippen LogP contribution in [0.4, 0.5) is 0 Å². The van der Waals surface area contributed by atoms with Crippen molar-refractivity contribution in [1.82, 2.24) is 34.9 Å². The molecule has 0 aliphatic heterocycles. The molecule has 0 fully saturated rings. The second-order valence-electron chi connectivity index (χ2n) is 30.7. The molecule has 130 heavy (non-hydrogen) atoms. The van der Waals surface area contributed by atoms with Gasteiger partial charge in [0.05, 0.1) is 13.7 Å². The smallest absolute Gasteiger partial charge is 0.164 e. The van der Waals surface area contributed by atoms with Gasteiger partial charge in [0.2, 0.25) is 0 Å². The van der Waals surface area contributed by atoms with Crippen molar-refractivity contribution < 1.29 is 104 Å². The Kier molecular flexibility index (Phi) is 37.5. The average molecular weight is 2420 g/mol. The minimum Gasteiger partial charge on any atom is -0.512 e. The van der Waals surface area contributed by atoms with Crippen molar-refractivity contribution in [1.29, 1.82) is 0 Å². The normalized spacial score (nSPS) is 11.4. The Hall–Kier alpha value is -12.7. The molecule has 0 spiro atoms. The van der Waals surface area contributed by atoms with Crippen LogP contribution in [0.2, 0.25) is 0 Å². The molecule has 0 saturated heterocycles. The van der Waals surface area contributed by atoms with Crippen molar-refractivity contribution in [2.75, 3.05) is 0 Å². The topological polar surface area (TPSA) is 128 Å². The third-order valence-corrected chi connectivity index (χ3v) is 19.1. The van der Waals surface area contributed by atoms with Crippen LogP contribution in [0.3, 0.4) is 0 Å². The third kappa shape index (κ3) is 32.8. The maximum atomic E-state index is 11.5. The van der Waals surface area contributed by atoms with Gasteiger partial charge < -0.3 is 40.0 Å². The van der Waals surface area contributed by atoms with Crippen LogP contribution in [0.15, 0.2) is 419 Å². The molecule has 7 aromatic heterocycles. The molecular formula is C117H102Ir4N7O2-7. The van der Waals surface area contributed by atoms with Crippen LogP contribution in [-0.2, 0) is 85.2 Å². The van der Waals surface area contributed by atoms with Gasteiger partial charge >= 0.3 is 0 Å². The number of allylic oxidation sites excluding steroid dienone is 2. The fourth-order valence-electron chi connectivity index (χ4n) is 12.2. The predicted octanol–water partition coefficient (Wildman–Crippen LogP) is 29.1. The summed E-state index contributed by atoms with van der Waals surface area (Å²) in [5.74, 6) is 0.104. The van der Waals surface area contributed by atoms with Crippen LogP contribution in [-0.4, -0.2) is 45.8 Å². The zero-order valence-corrected chi connectivity index (χ0v) is 83.4. The molecule has 0 bridgehead atoms. The van der Waals surface area contributed by atoms with Gasteiger partial charge in [-0.1, -0.05) is 236 Å². The quantitative estimate of drug-likeness (QED) is 0.0722. The molecule has 0 unspecified atom stereocenters. The fourth-order valence-corrected chi connectivity index (χ4v) is 12.2. The number of pyridine rings is 7. The van der Waals surface area contributed by atoms with E-state index in [1.807, 2.05) is 298 Å². The summed E-state index contributed by atoms with van der Waals surface area (Å²) in [6.45, 7) is 21.3. The molecule has 4 radical (unpaired) electrons. The Balaban J connectivity index is 0.000000219. The summed E-state index contributed by atoms with van der Waals surface area (Å²) in [6.07, 6.45) is 13.7. The van der Waals surface area contributed by atoms with Crippen molar-refractivity contribution in [2.45, 2.75) is 76.2 Å². The van der Waals surface area contributed by atoms with Crippen molar-refractivity contribution in [2.24, 2.45) is 10.8 Å². The number of hydrogen-bond donors (Lipinski definition) is 1. The first kappa shape index (κ1) is 89.3. The molecule has 18 aromatic rings. The second kappa shape index (κ2) is 54.6. The van der Waals surface area contributed by atoms with Gasteiger partial charge in [0.25, 0.3) is 0 Å². The first-order chi connectivity index (χ1) is 65.4. The van der Waals surface area contributed by atoms with Crippen molar-refractivity contribution in [3.8, 4) is 123 Å². The summed E-state index contributed by atoms with van der Waals surface area (Å²) in [5, 5.41) is 9.56. The Morgan fingerprint density at radius 1 is 0.292 bits per heavy atom. The van der Waals surface area contributed by atoms with E-state index in [1.54, 1.807) is 42.9 Å². The van der Waals surface area contributed by atoms with E-state index in [4.69, 9.17) is 13.7 Å². The van der Waals surface area contributed by atoms with Gasteiger partial charge in [-0.05, 0) is 130 Å². The second-order valence-corrected chi connectivity index (χ2v) is 30.7. The Morgan fingerprint density at radius 2 is 0.638 bits per heavy atom. The van der Waals surface area contributed by atoms with Crippen LogP contribution in [0, 0.1) is 87.9 Å². The maximum Gasteiger partial charge on any atom is 0.164 e. The van der Waals surface area contributed by atoms with Gasteiger partial charge in [0.15, 0.2) is 5.78 Å². The minimum atomic E-state index is -0.417. The van der Waals surface area contributed by atoms with E-state index in [0.717, 1.165) is 78.7 Å². The Bertz CT molecular complexity index is 6680. The maximum absolute atomic E-state index is 11.5. The monoisotopic (exact) mass is 2420 g/mol. The zero-order valence-electron chi connectivity index (χ0n) is 83.8. The Morgan fingerprint density at radius 3 is 0.992 bits per heavy atom. The largest absolute Gasteiger partial charge is 0.512 e. The van der Waals surface area contributed by atoms with E-state index < -0.39 is 17.5 Å². The number of carbonyl (C=O) groups is 1. The number of aryl methyl sites for hydroxylation is 5. The molecule has 18 rings (SSSR count). The van der Waals surface area contributed by atoms with Crippen LogP contribution >= 0.6 is 0 Å². The molecule has 13 heteroatoms. The summed E-state index contributed by atoms with van der Waals surface area (Å²) < 4.78 is 78.5. The standard InChI is InChI=1S/3C18H14N.C17H12N.2C12H10N.C11H8N.C11H20O2.4Ir/c3*1-14-12-18(16-10-6-3-7-11-16)19-13-17(14)15-8-4-2-5-9-15;1-3-7-14(8-4-1)16-11-12-17(18-13-16)15-9-5-2-6-10-15;1-10-6-2-3-7-11(10)12-8-4-5-9-13-12;1-10-6-5-9-13-12(10)11-7-3-2-4-8-11;1-2-6-10(7-3-1)11-8-4-5-9-12-11;1-10(2,3)8(12)7-9(13)11(4,5)6;;;;/h3*2-10,12-13H,1H3;1-9,11-13H;2-6,8-9H,1H3;2-7,9H,1H3;1-6,8-9H;7,12H,1-6H3;;;;/q7*-1;;;;;/i2D,4D,5D,8D,9D;;;1D,3D,4D,7D,8D;;;;;;;;. The number of ketones is 1. The molecule has 11 aromatic carbocycles. The molecule has 0 amide bonds. The van der Waals surface area contributed by atoms with Gasteiger partial charge in [-0.2, -0.15) is 0 Å². The molecule has 1 N–H and O–H groups in total. The van der Waals surface area contributed by atoms with Gasteiger partial charge in [0.1, 0.15) is 5.76 Å². The third-order valence-electron chi connectivity index (χ3n) is 19.1. The predicted molar refractivity (Wildman–Crippen MR) is 520 cm³/mol. The number of aromatic nitrogens is 7. The van der Waals surface area contributed by atoms with Crippen molar-refractivity contribution in [3.63, 3.8) is 0 Å². The molecule has 0 aliphatic carbocycles. The van der Waals surface area contributed by atoms with Gasteiger partial charge in [0, 0.05) is 157 Å². The molecule has 0 atom stereocenters. The van der Waals surface area contributed by atoms with Crippen LogP contribution < -0.4 is 0 Å². The molecular weight excluding hydrogens is 2300 g/mol. The molecule has 660 valence electrons. The van der Waals surface area contributed by atoms with Gasteiger partial charge in [-0.25, -0.2) is 0 Å². The molecule has 7 heterocycles. The number of rotatable bonds is 12. The van der Waals surface area contributed by atoms with E-state index in [9.17, 15) is 9.90 Å². The van der Waals surface area contributed by atoms with Crippen LogP contribution in [0.5, 0.6) is 0 Å². The number of carbonyl (C=O) groups excluding carboxylic acids is 1. The van der Waals surface area contributed by atoms with E-state index in [2.05, 4.69) is 154 Å². The number of nitrogens with zero attached hydrogens (tertiary/aromatic N) is 7. The summed E-state index contributed by atoms with van der Waals surface area (Å²) in [4.78, 5) is 42.1. The first-order valence-corrected chi connectivity index (χ1v) is 41.0. The average Bonchev–Trinajstić information content (AvgIpc) is 0.747. The van der Waals surface area contributed by atoms with Crippen LogP contribution in [0.25, 0.3) is 123 Å². The van der Waals surface area contributed by atoms with E-state index in [0.29, 0.717) is 16.8 Å². The summed E-state index contributed by atoms with van der Waals surface area (Å²) >= 11 is 0. The molecule has 0 aliphatic rings. The number of benzene rings is 11. The first-order valence-electron chi connectivity index (χ1n) is 46.0. The number of aliphatic hydroxyl groups is 1. The van der Waals surface area contributed by atoms with E-state index in [1.165, 1.54) is 56.8 Å². The SMILES string of the molecule is CC(C)(C)C(=O)C=C(O)C(C)(C)C.Cc1cc(-c2[c-]cccc2)ncc1-c1ccccc1.Cc1cc(-c2[c-]cccc2)ncc1-c1ccccc1.Cc1ccc[c-]c1-c1ccccn1.Cc1cccnc1-c1[c-]cccc1.[2H]c1c([2H])c([2H])c(-c2ccc(-c3[c-]cccc3)nc2)c([2H])c1[2H].[2H]c1c([2H])c([2H])c(-c2cnc(-c3[c-]cccc3)cc2C)c([2H])c1[2H].[Ir].[Ir].[Ir].[Ir].[c-]1ccccc1-c1ccccn1. The minimum absolute atomic E-state index is 0. The molecule has 0 saturated carbocycles. The summed E-state index contributed by atoms with van der Waals surface area (Å²) in [5.41, 5.74) is 24.3. The van der Waals surface area contributed by atoms with Crippen molar-refractivity contribution in [3.05, 3.63) is 489 Å². The summed E-state index contributed by atoms with van der Waals surface area (Å²) in [6, 6.07) is 117. The summed E-state index contributed by atoms with van der Waals surface area (Å²) in [7, 11) is 0. The zero-order chi connectivity index (χ0) is 97.4. The number of aliphatic hydroxyl groups excluding tert-OH is 1. The Labute approximate surface area is 837 Å². The van der Waals surface area contributed by atoms with Crippen LogP contribution in [0.1, 0.15) is 83.1 Å². The number of hydrogen-bond acceptors (Lipinski definition) is 9. The van der Waals surface area contributed by atoms with E-state index >= 15 is 0 Å². The van der Waals surface area contributed by atoms with Gasteiger partial charge in [-0.15, -0.1) is 251 Å². The van der Waals surface area contributed by atoms with E-state index in [-0.39, 0.29) is 157 Å². The van der Waals surface area contributed by atoms with Crippen molar-refractivity contribution >= 4 is 5.78 Å². The van der Waals surface area contributed by atoms with Gasteiger partial charge in [-0.3, -0.25) is 4.79 Å². The molecule has 9 nitrogen and oxygen atoms in total.